The Hall–Kier alpha value is -1.50. The van der Waals surface area contributed by atoms with Gasteiger partial charge < -0.3 is 14.1 Å². The third-order valence-electron chi connectivity index (χ3n) is 1.27. The van der Waals surface area contributed by atoms with Gasteiger partial charge in [0, 0.05) is 6.20 Å². The van der Waals surface area contributed by atoms with E-state index >= 15 is 0 Å². The lowest BCUT2D eigenvalue weighted by molar-refractivity contribution is 0.434. The van der Waals surface area contributed by atoms with Crippen LogP contribution in [0.3, 0.4) is 0 Å². The molecule has 1 aromatic rings. The van der Waals surface area contributed by atoms with Gasteiger partial charge in [-0.15, -0.1) is 8.42 Å². The van der Waals surface area contributed by atoms with Crippen molar-refractivity contribution in [3.05, 3.63) is 12.3 Å². The maximum Gasteiger partial charge on any atom is 0.502 e. The zero-order valence-electron chi connectivity index (χ0n) is 5.72. The van der Waals surface area contributed by atoms with Gasteiger partial charge in [-0.1, -0.05) is 0 Å². The van der Waals surface area contributed by atoms with E-state index in [1.165, 1.54) is 12.3 Å². The molecular weight excluding hydrogens is 184 g/mol. The summed E-state index contributed by atoms with van der Waals surface area (Å²) < 4.78 is 30.1. The SMILES string of the molecule is Nc1ccnc2c1OS(=O)(=O)O2. The molecule has 0 amide bonds. The predicted octanol–water partition coefficient (Wildman–Crippen LogP) is -0.320. The summed E-state index contributed by atoms with van der Waals surface area (Å²) >= 11 is 0. The van der Waals surface area contributed by atoms with Crippen LogP contribution in [0.25, 0.3) is 0 Å². The van der Waals surface area contributed by atoms with Gasteiger partial charge in [0.15, 0.2) is 0 Å². The van der Waals surface area contributed by atoms with E-state index in [2.05, 4.69) is 13.4 Å². The van der Waals surface area contributed by atoms with Crippen molar-refractivity contribution in [3.63, 3.8) is 0 Å². The summed E-state index contributed by atoms with van der Waals surface area (Å²) in [7, 11) is -3.97. The number of fused-ring (bicyclic) bond motifs is 1. The minimum atomic E-state index is -3.97. The van der Waals surface area contributed by atoms with Crippen molar-refractivity contribution in [1.82, 2.24) is 4.98 Å². The normalized spacial score (nSPS) is 17.7. The van der Waals surface area contributed by atoms with Gasteiger partial charge in [0.05, 0.1) is 5.69 Å². The van der Waals surface area contributed by atoms with E-state index in [4.69, 9.17) is 5.73 Å². The number of nitrogen functional groups attached to an aromatic ring is 1. The van der Waals surface area contributed by atoms with Crippen molar-refractivity contribution in [2.75, 3.05) is 5.73 Å². The molecule has 0 unspecified atom stereocenters. The summed E-state index contributed by atoms with van der Waals surface area (Å²) in [4.78, 5) is 3.61. The smallest absolute Gasteiger partial charge is 0.395 e. The summed E-state index contributed by atoms with van der Waals surface area (Å²) in [5.74, 6) is -0.160. The first-order valence-electron chi connectivity index (χ1n) is 2.97. The van der Waals surface area contributed by atoms with Crippen LogP contribution in [-0.2, 0) is 10.4 Å². The fourth-order valence-electron chi connectivity index (χ4n) is 0.802. The van der Waals surface area contributed by atoms with E-state index in [-0.39, 0.29) is 17.3 Å². The number of hydrogen-bond acceptors (Lipinski definition) is 6. The van der Waals surface area contributed by atoms with Crippen LogP contribution in [0, 0.1) is 0 Å². The number of pyridine rings is 1. The van der Waals surface area contributed by atoms with Crippen molar-refractivity contribution in [3.8, 4) is 11.6 Å². The van der Waals surface area contributed by atoms with Gasteiger partial charge in [0.1, 0.15) is 0 Å². The van der Waals surface area contributed by atoms with Gasteiger partial charge >= 0.3 is 10.4 Å². The molecule has 2 heterocycles. The fraction of sp³-hybridized carbons (Fsp3) is 0. The molecule has 6 nitrogen and oxygen atoms in total. The molecule has 0 atom stereocenters. The largest absolute Gasteiger partial charge is 0.502 e. The van der Waals surface area contributed by atoms with Crippen molar-refractivity contribution < 1.29 is 16.8 Å². The lowest BCUT2D eigenvalue weighted by atomic mass is 10.4. The number of nitrogens with two attached hydrogens (primary N) is 1. The molecule has 0 radical (unpaired) electrons. The van der Waals surface area contributed by atoms with E-state index in [0.717, 1.165) is 0 Å². The van der Waals surface area contributed by atoms with E-state index in [1.54, 1.807) is 0 Å². The summed E-state index contributed by atoms with van der Waals surface area (Å²) in [6.07, 6.45) is 1.33. The first kappa shape index (κ1) is 7.17. The second-order valence-corrected chi connectivity index (χ2v) is 3.26. The van der Waals surface area contributed by atoms with Gasteiger partial charge in [-0.25, -0.2) is 4.98 Å². The maximum absolute atomic E-state index is 10.7. The Morgan fingerprint density at radius 2 is 2.17 bits per heavy atom. The molecule has 0 saturated carbocycles. The van der Waals surface area contributed by atoms with Crippen molar-refractivity contribution in [1.29, 1.82) is 0 Å². The van der Waals surface area contributed by atoms with Crippen LogP contribution in [0.15, 0.2) is 12.3 Å². The van der Waals surface area contributed by atoms with Crippen molar-refractivity contribution in [2.24, 2.45) is 0 Å². The Morgan fingerprint density at radius 3 is 2.83 bits per heavy atom. The Kier molecular flexibility index (Phi) is 1.20. The number of anilines is 1. The highest BCUT2D eigenvalue weighted by Crippen LogP contribution is 2.37. The molecule has 0 aromatic carbocycles. The molecule has 1 aliphatic rings. The Bertz CT molecular complexity index is 427. The molecule has 2 N–H and O–H groups in total. The molecule has 0 saturated heterocycles. The zero-order chi connectivity index (χ0) is 8.77. The highest BCUT2D eigenvalue weighted by Gasteiger charge is 2.31. The average Bonchev–Trinajstić information content (AvgIpc) is 2.25. The van der Waals surface area contributed by atoms with E-state index < -0.39 is 10.4 Å². The third kappa shape index (κ3) is 0.944. The molecule has 7 heteroatoms. The van der Waals surface area contributed by atoms with Crippen molar-refractivity contribution in [2.45, 2.75) is 0 Å². The molecule has 0 spiro atoms. The maximum atomic E-state index is 10.7. The van der Waals surface area contributed by atoms with Gasteiger partial charge in [0.2, 0.25) is 5.75 Å². The van der Waals surface area contributed by atoms with Crippen LogP contribution in [0.2, 0.25) is 0 Å². The summed E-state index contributed by atoms with van der Waals surface area (Å²) in [6, 6.07) is 1.42. The quantitative estimate of drug-likeness (QED) is 0.599. The number of aromatic nitrogens is 1. The second kappa shape index (κ2) is 2.01. The van der Waals surface area contributed by atoms with Crippen LogP contribution in [0.5, 0.6) is 11.6 Å². The predicted molar refractivity (Wildman–Crippen MR) is 38.8 cm³/mol. The van der Waals surface area contributed by atoms with Crippen LogP contribution < -0.4 is 14.1 Å². The first-order valence-corrected chi connectivity index (χ1v) is 4.30. The third-order valence-corrected chi connectivity index (χ3v) is 2.00. The second-order valence-electron chi connectivity index (χ2n) is 2.11. The van der Waals surface area contributed by atoms with Crippen LogP contribution in [0.4, 0.5) is 5.69 Å². The van der Waals surface area contributed by atoms with Crippen LogP contribution in [-0.4, -0.2) is 13.4 Å². The number of rotatable bonds is 0. The summed E-state index contributed by atoms with van der Waals surface area (Å²) in [6.45, 7) is 0. The van der Waals surface area contributed by atoms with E-state index in [9.17, 15) is 8.42 Å². The van der Waals surface area contributed by atoms with Gasteiger partial charge in [-0.05, 0) is 6.07 Å². The lowest BCUT2D eigenvalue weighted by Crippen LogP contribution is -2.08. The topological polar surface area (TPSA) is 91.5 Å². The molecule has 2 rings (SSSR count). The van der Waals surface area contributed by atoms with Crippen LogP contribution >= 0.6 is 0 Å². The molecule has 0 fully saturated rings. The van der Waals surface area contributed by atoms with Crippen molar-refractivity contribution >= 4 is 16.1 Å². The molecule has 12 heavy (non-hydrogen) atoms. The molecule has 1 aliphatic heterocycles. The van der Waals surface area contributed by atoms with E-state index in [1.807, 2.05) is 0 Å². The number of hydrogen-bond donors (Lipinski definition) is 1. The fourth-order valence-corrected chi connectivity index (χ4v) is 1.52. The van der Waals surface area contributed by atoms with E-state index in [0.29, 0.717) is 0 Å². The highest BCUT2D eigenvalue weighted by atomic mass is 32.3. The standard InChI is InChI=1S/C5H4N2O4S/c6-3-1-2-7-5-4(3)10-12(8,9)11-5/h1-2H,(H2,6,7). The first-order chi connectivity index (χ1) is 5.58. The molecular formula is C5H4N2O4S. The molecule has 1 aromatic heterocycles. The van der Waals surface area contributed by atoms with Gasteiger partial charge in [-0.2, -0.15) is 0 Å². The van der Waals surface area contributed by atoms with Gasteiger partial charge in [0.25, 0.3) is 5.88 Å². The number of nitrogens with zero attached hydrogens (tertiary/aromatic N) is 1. The average molecular weight is 188 g/mol. The Morgan fingerprint density at radius 1 is 1.42 bits per heavy atom. The Labute approximate surface area is 68.3 Å². The lowest BCUT2D eigenvalue weighted by Gasteiger charge is -1.93. The van der Waals surface area contributed by atoms with Crippen LogP contribution in [0.1, 0.15) is 0 Å². The molecule has 0 bridgehead atoms. The highest BCUT2D eigenvalue weighted by molar-refractivity contribution is 7.82. The molecule has 0 aliphatic carbocycles. The summed E-state index contributed by atoms with van der Waals surface area (Å²) in [5, 5.41) is 0. The van der Waals surface area contributed by atoms with Gasteiger partial charge in [-0.3, -0.25) is 0 Å². The zero-order valence-corrected chi connectivity index (χ0v) is 6.54. The Balaban J connectivity index is 2.63. The minimum absolute atomic E-state index is 0.0440. The monoisotopic (exact) mass is 188 g/mol. The summed E-state index contributed by atoms with van der Waals surface area (Å²) in [5.41, 5.74) is 5.57. The minimum Gasteiger partial charge on any atom is -0.395 e. The molecule has 64 valence electrons.